The number of fused-ring (bicyclic) bond motifs is 1. The van der Waals surface area contributed by atoms with E-state index < -0.39 is 0 Å². The number of nitrogens with zero attached hydrogens (tertiary/aromatic N) is 4. The van der Waals surface area contributed by atoms with Gasteiger partial charge in [-0.1, -0.05) is 0 Å². The second-order valence-electron chi connectivity index (χ2n) is 3.09. The van der Waals surface area contributed by atoms with Gasteiger partial charge in [0.25, 0.3) is 0 Å². The van der Waals surface area contributed by atoms with Crippen molar-refractivity contribution in [3.05, 3.63) is 12.2 Å². The van der Waals surface area contributed by atoms with E-state index in [1.807, 2.05) is 0 Å². The predicted molar refractivity (Wildman–Crippen MR) is 53.8 cm³/mol. The number of aromatic nitrogens is 4. The monoisotopic (exact) mass is 207 g/mol. The highest BCUT2D eigenvalue weighted by atomic mass is 16.5. The van der Waals surface area contributed by atoms with Crippen LogP contribution in [0.5, 0.6) is 0 Å². The zero-order chi connectivity index (χ0) is 10.8. The molecule has 78 valence electrons. The van der Waals surface area contributed by atoms with Crippen LogP contribution in [-0.4, -0.2) is 43.1 Å². The minimum Gasteiger partial charge on any atom is -0.382 e. The number of nitrogen functional groups attached to an aromatic ring is 1. The van der Waals surface area contributed by atoms with Crippen LogP contribution in [-0.2, 0) is 6.42 Å². The van der Waals surface area contributed by atoms with Gasteiger partial charge in [-0.15, -0.1) is 0 Å². The summed E-state index contributed by atoms with van der Waals surface area (Å²) in [6.45, 7) is 0. The number of rotatable bonds is 2. The molecule has 0 aliphatic rings. The van der Waals surface area contributed by atoms with Crippen molar-refractivity contribution >= 4 is 23.2 Å². The summed E-state index contributed by atoms with van der Waals surface area (Å²) in [4.78, 5) is 15.1. The molecule has 0 aromatic carbocycles. The molecule has 0 saturated heterocycles. The number of aromatic amines is 1. The summed E-state index contributed by atoms with van der Waals surface area (Å²) in [6.07, 6.45) is 3.45. The van der Waals surface area contributed by atoms with Gasteiger partial charge >= 0.3 is 0 Å². The highest BCUT2D eigenvalue weighted by Gasteiger charge is 2.07. The van der Waals surface area contributed by atoms with Crippen LogP contribution in [0.1, 0.15) is 5.82 Å². The first kappa shape index (κ1) is 9.38. The van der Waals surface area contributed by atoms with Crippen LogP contribution in [0.3, 0.4) is 0 Å². The topological polar surface area (TPSA) is 104 Å². The third kappa shape index (κ3) is 1.85. The Morgan fingerprint density at radius 1 is 1.60 bits per heavy atom. The lowest BCUT2D eigenvalue weighted by Gasteiger charge is -1.97. The molecule has 0 bridgehead atoms. The van der Waals surface area contributed by atoms with Crippen molar-refractivity contribution in [3.8, 4) is 0 Å². The van der Waals surface area contributed by atoms with Crippen LogP contribution in [0, 0.1) is 0 Å². The standard InChI is InChI=1S/C8H11N6O/c1-14(15)3-2-5-12-7(9)6-8(13-5)11-4-10-6/h3-4,15H,2H2,1H3,(H3,9,10,11,12,13)/q+1. The molecule has 2 aromatic rings. The summed E-state index contributed by atoms with van der Waals surface area (Å²) in [5.74, 6) is 0.884. The number of anilines is 1. The SMILES string of the molecule is C[N+](O)=CCc1nc(N)c2[nH]cnc2n1. The molecule has 0 fully saturated rings. The molecule has 7 heteroatoms. The van der Waals surface area contributed by atoms with Gasteiger partial charge in [-0.05, 0) is 4.74 Å². The van der Waals surface area contributed by atoms with Gasteiger partial charge in [0.1, 0.15) is 11.3 Å². The van der Waals surface area contributed by atoms with Crippen molar-refractivity contribution in [3.63, 3.8) is 0 Å². The van der Waals surface area contributed by atoms with Gasteiger partial charge in [-0.3, -0.25) is 5.21 Å². The lowest BCUT2D eigenvalue weighted by atomic mass is 10.4. The number of nitrogens with one attached hydrogen (secondary N) is 1. The second kappa shape index (κ2) is 3.52. The zero-order valence-electron chi connectivity index (χ0n) is 8.18. The quantitative estimate of drug-likeness (QED) is 0.268. The number of hydroxylamine groups is 1. The molecule has 2 rings (SSSR count). The average molecular weight is 207 g/mol. The molecule has 15 heavy (non-hydrogen) atoms. The first-order chi connectivity index (χ1) is 7.16. The fourth-order valence-corrected chi connectivity index (χ4v) is 1.21. The molecule has 0 aliphatic heterocycles. The molecule has 0 spiro atoms. The number of hydrogen-bond donors (Lipinski definition) is 3. The van der Waals surface area contributed by atoms with Crippen molar-refractivity contribution in [2.24, 2.45) is 0 Å². The van der Waals surface area contributed by atoms with Crippen LogP contribution in [0.2, 0.25) is 0 Å². The first-order valence-electron chi connectivity index (χ1n) is 4.37. The second-order valence-corrected chi connectivity index (χ2v) is 3.09. The van der Waals surface area contributed by atoms with Crippen molar-refractivity contribution < 1.29 is 9.95 Å². The normalized spacial score (nSPS) is 12.2. The largest absolute Gasteiger partial charge is 0.382 e. The van der Waals surface area contributed by atoms with Crippen molar-refractivity contribution in [1.82, 2.24) is 19.9 Å². The summed E-state index contributed by atoms with van der Waals surface area (Å²) in [6, 6.07) is 0. The van der Waals surface area contributed by atoms with Crippen molar-refractivity contribution in [2.45, 2.75) is 6.42 Å². The van der Waals surface area contributed by atoms with E-state index in [0.29, 0.717) is 29.2 Å². The Kier molecular flexibility index (Phi) is 2.20. The van der Waals surface area contributed by atoms with Crippen LogP contribution < -0.4 is 5.73 Å². The van der Waals surface area contributed by atoms with Gasteiger partial charge in [0, 0.05) is 0 Å². The Hall–Kier alpha value is -2.18. The summed E-state index contributed by atoms with van der Waals surface area (Å²) in [7, 11) is 1.51. The maximum absolute atomic E-state index is 8.93. The fourth-order valence-electron chi connectivity index (χ4n) is 1.21. The van der Waals surface area contributed by atoms with Gasteiger partial charge in [-0.25, -0.2) is 15.0 Å². The molecule has 0 radical (unpaired) electrons. The molecule has 0 saturated carbocycles. The van der Waals surface area contributed by atoms with Gasteiger partial charge in [0.2, 0.25) is 0 Å². The van der Waals surface area contributed by atoms with E-state index in [0.717, 1.165) is 4.74 Å². The lowest BCUT2D eigenvalue weighted by Crippen LogP contribution is -2.06. The number of imidazole rings is 1. The van der Waals surface area contributed by atoms with Gasteiger partial charge in [-0.2, -0.15) is 0 Å². The van der Waals surface area contributed by atoms with Crippen LogP contribution in [0.25, 0.3) is 11.2 Å². The molecule has 0 amide bonds. The van der Waals surface area contributed by atoms with Crippen LogP contribution in [0.4, 0.5) is 5.82 Å². The van der Waals surface area contributed by atoms with Crippen molar-refractivity contribution in [2.75, 3.05) is 12.8 Å². The highest BCUT2D eigenvalue weighted by molar-refractivity contribution is 5.81. The molecular formula is C8H11N6O+. The van der Waals surface area contributed by atoms with E-state index in [-0.39, 0.29) is 0 Å². The Balaban J connectivity index is 2.41. The van der Waals surface area contributed by atoms with Crippen molar-refractivity contribution in [1.29, 1.82) is 0 Å². The molecule has 7 nitrogen and oxygen atoms in total. The molecule has 0 unspecified atom stereocenters. The Bertz CT molecular complexity index is 513. The third-order valence-corrected chi connectivity index (χ3v) is 1.90. The van der Waals surface area contributed by atoms with Gasteiger partial charge < -0.3 is 10.7 Å². The molecule has 4 N–H and O–H groups in total. The predicted octanol–water partition coefficient (Wildman–Crippen LogP) is -0.420. The van der Waals surface area contributed by atoms with E-state index in [2.05, 4.69) is 19.9 Å². The Labute approximate surface area is 85.3 Å². The smallest absolute Gasteiger partial charge is 0.199 e. The van der Waals surface area contributed by atoms with E-state index in [1.54, 1.807) is 0 Å². The number of hydrogen-bond acceptors (Lipinski definition) is 5. The third-order valence-electron chi connectivity index (χ3n) is 1.90. The number of H-pyrrole nitrogens is 1. The molecule has 2 heterocycles. The maximum atomic E-state index is 8.93. The molecule has 2 aromatic heterocycles. The zero-order valence-corrected chi connectivity index (χ0v) is 8.18. The Morgan fingerprint density at radius 2 is 2.40 bits per heavy atom. The fraction of sp³-hybridized carbons (Fsp3) is 0.250. The maximum Gasteiger partial charge on any atom is 0.199 e. The molecule has 0 aliphatic carbocycles. The average Bonchev–Trinajstić information content (AvgIpc) is 2.63. The van der Waals surface area contributed by atoms with Crippen LogP contribution >= 0.6 is 0 Å². The molecular weight excluding hydrogens is 196 g/mol. The first-order valence-corrected chi connectivity index (χ1v) is 4.37. The lowest BCUT2D eigenvalue weighted by molar-refractivity contribution is -0.751. The van der Waals surface area contributed by atoms with E-state index in [1.165, 1.54) is 19.6 Å². The van der Waals surface area contributed by atoms with Crippen LogP contribution in [0.15, 0.2) is 6.33 Å². The summed E-state index contributed by atoms with van der Waals surface area (Å²) >= 11 is 0. The minimum atomic E-state index is 0.362. The minimum absolute atomic E-state index is 0.362. The summed E-state index contributed by atoms with van der Waals surface area (Å²) in [5.41, 5.74) is 6.86. The van der Waals surface area contributed by atoms with E-state index in [4.69, 9.17) is 10.9 Å². The summed E-state index contributed by atoms with van der Waals surface area (Å²) < 4.78 is 0.953. The van der Waals surface area contributed by atoms with E-state index >= 15 is 0 Å². The Morgan fingerprint density at radius 3 is 3.13 bits per heavy atom. The van der Waals surface area contributed by atoms with E-state index in [9.17, 15) is 0 Å². The van der Waals surface area contributed by atoms with Gasteiger partial charge in [0.15, 0.2) is 24.7 Å². The molecule has 0 atom stereocenters. The summed E-state index contributed by atoms with van der Waals surface area (Å²) in [5, 5.41) is 8.93. The number of nitrogens with two attached hydrogens (primary N) is 1. The highest BCUT2D eigenvalue weighted by Crippen LogP contribution is 2.12. The van der Waals surface area contributed by atoms with Gasteiger partial charge in [0.05, 0.1) is 12.7 Å².